The molecule has 3 N–H and O–H groups in total. The van der Waals surface area contributed by atoms with E-state index in [1.165, 1.54) is 19.3 Å². The van der Waals surface area contributed by atoms with Crippen molar-refractivity contribution in [2.24, 2.45) is 5.92 Å². The minimum absolute atomic E-state index is 0.121. The summed E-state index contributed by atoms with van der Waals surface area (Å²) in [5.41, 5.74) is 7.49. The van der Waals surface area contributed by atoms with Crippen molar-refractivity contribution in [3.05, 3.63) is 29.8 Å². The number of nitrogen functional groups attached to an aromatic ring is 1. The summed E-state index contributed by atoms with van der Waals surface area (Å²) in [6, 6.07) is 7.95. The largest absolute Gasteiger partial charge is 0.399 e. The lowest BCUT2D eigenvalue weighted by Gasteiger charge is -2.20. The number of nitrogens with two attached hydrogens (primary N) is 1. The molecule has 1 aliphatic rings. The van der Waals surface area contributed by atoms with E-state index in [2.05, 4.69) is 12.2 Å². The fourth-order valence-corrected chi connectivity index (χ4v) is 2.94. The maximum Gasteiger partial charge on any atom is 0.227 e. The van der Waals surface area contributed by atoms with Crippen molar-refractivity contribution >= 4 is 11.6 Å². The molecule has 3 nitrogen and oxygen atoms in total. The summed E-state index contributed by atoms with van der Waals surface area (Å²) >= 11 is 0. The van der Waals surface area contributed by atoms with E-state index >= 15 is 0 Å². The Morgan fingerprint density at radius 3 is 2.85 bits per heavy atom. The van der Waals surface area contributed by atoms with E-state index in [0.29, 0.717) is 11.7 Å². The second kappa shape index (κ2) is 6.78. The molecule has 0 bridgehead atoms. The number of rotatable bonds is 3. The summed E-state index contributed by atoms with van der Waals surface area (Å²) < 4.78 is 0. The highest BCUT2D eigenvalue weighted by Crippen LogP contribution is 2.24. The molecule has 1 aromatic carbocycles. The van der Waals surface area contributed by atoms with Crippen LogP contribution in [0.1, 0.15) is 57.4 Å². The van der Waals surface area contributed by atoms with E-state index in [-0.39, 0.29) is 11.8 Å². The third-order valence-electron chi connectivity index (χ3n) is 4.41. The van der Waals surface area contributed by atoms with E-state index in [1.807, 2.05) is 31.2 Å². The van der Waals surface area contributed by atoms with Crippen LogP contribution in [0.3, 0.4) is 0 Å². The lowest BCUT2D eigenvalue weighted by atomic mass is 9.98. The van der Waals surface area contributed by atoms with Gasteiger partial charge in [-0.05, 0) is 49.8 Å². The van der Waals surface area contributed by atoms with Crippen LogP contribution in [0.4, 0.5) is 5.69 Å². The average molecular weight is 274 g/mol. The van der Waals surface area contributed by atoms with Gasteiger partial charge in [-0.25, -0.2) is 0 Å². The molecule has 0 aliphatic heterocycles. The molecule has 1 amide bonds. The summed E-state index contributed by atoms with van der Waals surface area (Å²) in [5, 5.41) is 3.22. The third-order valence-corrected chi connectivity index (χ3v) is 4.41. The number of hydrogen-bond donors (Lipinski definition) is 2. The molecule has 1 fully saturated rings. The van der Waals surface area contributed by atoms with Crippen molar-refractivity contribution in [1.29, 1.82) is 0 Å². The van der Waals surface area contributed by atoms with Gasteiger partial charge in [0.15, 0.2) is 0 Å². The van der Waals surface area contributed by atoms with Crippen LogP contribution in [-0.4, -0.2) is 11.9 Å². The molecule has 2 rings (SSSR count). The molecular weight excluding hydrogens is 248 g/mol. The van der Waals surface area contributed by atoms with E-state index < -0.39 is 0 Å². The summed E-state index contributed by atoms with van der Waals surface area (Å²) in [6.45, 7) is 4.25. The molecule has 0 saturated heterocycles. The standard InChI is InChI=1S/C17H26N2O/c1-12-5-3-8-16(10-9-12)19-17(20)13(2)14-6-4-7-15(18)11-14/h4,6-7,11-13,16H,3,5,8-10,18H2,1-2H3,(H,19,20). The maximum absolute atomic E-state index is 12.4. The zero-order valence-corrected chi connectivity index (χ0v) is 12.6. The van der Waals surface area contributed by atoms with E-state index in [0.717, 1.165) is 24.3 Å². The number of carbonyl (C=O) groups excluding carboxylic acids is 1. The number of nitrogens with one attached hydrogen (secondary N) is 1. The van der Waals surface area contributed by atoms with Crippen LogP contribution in [-0.2, 0) is 4.79 Å². The molecule has 1 aromatic rings. The fourth-order valence-electron chi connectivity index (χ4n) is 2.94. The first-order valence-corrected chi connectivity index (χ1v) is 7.72. The van der Waals surface area contributed by atoms with Gasteiger partial charge in [0.25, 0.3) is 0 Å². The Morgan fingerprint density at radius 2 is 2.10 bits per heavy atom. The number of hydrogen-bond acceptors (Lipinski definition) is 2. The molecule has 1 saturated carbocycles. The van der Waals surface area contributed by atoms with Gasteiger partial charge in [-0.3, -0.25) is 4.79 Å². The Labute approximate surface area is 121 Å². The smallest absolute Gasteiger partial charge is 0.227 e. The van der Waals surface area contributed by atoms with Gasteiger partial charge in [-0.2, -0.15) is 0 Å². The lowest BCUT2D eigenvalue weighted by Crippen LogP contribution is -2.37. The highest BCUT2D eigenvalue weighted by atomic mass is 16.1. The fraction of sp³-hybridized carbons (Fsp3) is 0.588. The van der Waals surface area contributed by atoms with Crippen molar-refractivity contribution in [2.45, 2.75) is 57.9 Å². The zero-order chi connectivity index (χ0) is 14.5. The second-order valence-corrected chi connectivity index (χ2v) is 6.21. The normalized spacial score (nSPS) is 24.7. The average Bonchev–Trinajstić information content (AvgIpc) is 2.63. The van der Waals surface area contributed by atoms with E-state index in [4.69, 9.17) is 5.73 Å². The second-order valence-electron chi connectivity index (χ2n) is 6.21. The van der Waals surface area contributed by atoms with Crippen LogP contribution < -0.4 is 11.1 Å². The van der Waals surface area contributed by atoms with Gasteiger partial charge in [-0.1, -0.05) is 31.9 Å². The van der Waals surface area contributed by atoms with E-state index in [9.17, 15) is 4.79 Å². The van der Waals surface area contributed by atoms with Crippen molar-refractivity contribution in [3.63, 3.8) is 0 Å². The number of benzene rings is 1. The maximum atomic E-state index is 12.4. The predicted octanol–water partition coefficient (Wildman–Crippen LogP) is 3.46. The first-order chi connectivity index (χ1) is 9.56. The highest BCUT2D eigenvalue weighted by molar-refractivity contribution is 5.83. The Kier molecular flexibility index (Phi) is 5.05. The minimum atomic E-state index is -0.140. The molecule has 110 valence electrons. The molecule has 3 atom stereocenters. The highest BCUT2D eigenvalue weighted by Gasteiger charge is 2.21. The van der Waals surface area contributed by atoms with Crippen molar-refractivity contribution in [1.82, 2.24) is 5.32 Å². The van der Waals surface area contributed by atoms with Crippen LogP contribution in [0.25, 0.3) is 0 Å². The Morgan fingerprint density at radius 1 is 1.30 bits per heavy atom. The third kappa shape index (κ3) is 3.99. The topological polar surface area (TPSA) is 55.1 Å². The Balaban J connectivity index is 1.94. The van der Waals surface area contributed by atoms with Gasteiger partial charge in [0.2, 0.25) is 5.91 Å². The molecule has 1 aliphatic carbocycles. The van der Waals surface area contributed by atoms with Crippen molar-refractivity contribution in [2.75, 3.05) is 5.73 Å². The molecule has 0 aromatic heterocycles. The molecule has 3 unspecified atom stereocenters. The van der Waals surface area contributed by atoms with Gasteiger partial charge in [-0.15, -0.1) is 0 Å². The monoisotopic (exact) mass is 274 g/mol. The van der Waals surface area contributed by atoms with Gasteiger partial charge in [0.1, 0.15) is 0 Å². The summed E-state index contributed by atoms with van der Waals surface area (Å²) in [5.74, 6) is 0.776. The predicted molar refractivity (Wildman–Crippen MR) is 83.4 cm³/mol. The van der Waals surface area contributed by atoms with Gasteiger partial charge < -0.3 is 11.1 Å². The zero-order valence-electron chi connectivity index (χ0n) is 12.6. The summed E-state index contributed by atoms with van der Waals surface area (Å²) in [6.07, 6.45) is 5.95. The number of amides is 1. The number of anilines is 1. The van der Waals surface area contributed by atoms with E-state index in [1.54, 1.807) is 0 Å². The molecule has 0 heterocycles. The van der Waals surface area contributed by atoms with Crippen molar-refractivity contribution in [3.8, 4) is 0 Å². The SMILES string of the molecule is CC1CCCC(NC(=O)C(C)c2cccc(N)c2)CC1. The lowest BCUT2D eigenvalue weighted by molar-refractivity contribution is -0.123. The quantitative estimate of drug-likeness (QED) is 0.655. The Hall–Kier alpha value is -1.51. The van der Waals surface area contributed by atoms with Gasteiger partial charge >= 0.3 is 0 Å². The first kappa shape index (κ1) is 14.9. The molecule has 0 radical (unpaired) electrons. The number of carbonyl (C=O) groups is 1. The molecule has 0 spiro atoms. The summed E-state index contributed by atoms with van der Waals surface area (Å²) in [4.78, 5) is 12.4. The molecule has 20 heavy (non-hydrogen) atoms. The van der Waals surface area contributed by atoms with Gasteiger partial charge in [0.05, 0.1) is 5.92 Å². The van der Waals surface area contributed by atoms with Crippen LogP contribution in [0.5, 0.6) is 0 Å². The Bertz CT molecular complexity index is 458. The van der Waals surface area contributed by atoms with Crippen molar-refractivity contribution < 1.29 is 4.79 Å². The minimum Gasteiger partial charge on any atom is -0.399 e. The first-order valence-electron chi connectivity index (χ1n) is 7.72. The van der Waals surface area contributed by atoms with Crippen LogP contribution in [0, 0.1) is 5.92 Å². The molecule has 3 heteroatoms. The van der Waals surface area contributed by atoms with Crippen LogP contribution in [0.15, 0.2) is 24.3 Å². The molecular formula is C17H26N2O. The van der Waals surface area contributed by atoms with Crippen LogP contribution in [0.2, 0.25) is 0 Å². The van der Waals surface area contributed by atoms with Gasteiger partial charge in [0, 0.05) is 11.7 Å². The van der Waals surface area contributed by atoms with Crippen LogP contribution >= 0.6 is 0 Å². The summed E-state index contributed by atoms with van der Waals surface area (Å²) in [7, 11) is 0.